The Bertz CT molecular complexity index is 1320. The molecule has 34 heavy (non-hydrogen) atoms. The molecular weight excluding hydrogens is 428 g/mol. The summed E-state index contributed by atoms with van der Waals surface area (Å²) in [6.45, 7) is 6.10. The number of fused-ring (bicyclic) bond motifs is 4. The number of ether oxygens (including phenoxy) is 2. The van der Waals surface area contributed by atoms with Gasteiger partial charge >= 0.3 is 0 Å². The molecule has 0 aliphatic carbocycles. The van der Waals surface area contributed by atoms with Crippen LogP contribution in [0.1, 0.15) is 47.8 Å². The van der Waals surface area contributed by atoms with Crippen molar-refractivity contribution in [2.24, 2.45) is 10.4 Å². The van der Waals surface area contributed by atoms with Crippen LogP contribution in [-0.4, -0.2) is 29.7 Å². The van der Waals surface area contributed by atoms with Gasteiger partial charge in [0.1, 0.15) is 5.75 Å². The maximum atomic E-state index is 14.3. The summed E-state index contributed by atoms with van der Waals surface area (Å²) in [4.78, 5) is 33.9. The molecule has 3 aromatic carbocycles. The zero-order valence-corrected chi connectivity index (χ0v) is 19.7. The lowest BCUT2D eigenvalue weighted by Gasteiger charge is -2.45. The van der Waals surface area contributed by atoms with Gasteiger partial charge in [-0.2, -0.15) is 0 Å². The zero-order valence-electron chi connectivity index (χ0n) is 19.7. The van der Waals surface area contributed by atoms with Gasteiger partial charge in [0.2, 0.25) is 5.60 Å². The minimum atomic E-state index is -1.50. The molecular formula is C28H26N2O4. The van der Waals surface area contributed by atoms with Crippen molar-refractivity contribution >= 4 is 23.4 Å². The standard InChI is InChI=1S/C28H26N2O4/c1-27(2,3)25-29-23-12-8-7-11-22(23)28(34-25)21-10-6-5-9-20(21)24(31)30(26(28)32)17-18-13-15-19(33-4)16-14-18/h5-16H,17H2,1-4H3. The van der Waals surface area contributed by atoms with E-state index in [0.29, 0.717) is 34.0 Å². The van der Waals surface area contributed by atoms with E-state index >= 15 is 0 Å². The number of para-hydroxylation sites is 1. The molecule has 2 heterocycles. The Kier molecular flexibility index (Phi) is 5.04. The van der Waals surface area contributed by atoms with Crippen LogP contribution >= 0.6 is 0 Å². The molecule has 6 nitrogen and oxygen atoms in total. The first-order valence-corrected chi connectivity index (χ1v) is 11.2. The van der Waals surface area contributed by atoms with Gasteiger partial charge in [-0.15, -0.1) is 0 Å². The summed E-state index contributed by atoms with van der Waals surface area (Å²) in [6.07, 6.45) is 0. The number of benzene rings is 3. The van der Waals surface area contributed by atoms with E-state index < -0.39 is 16.9 Å². The SMILES string of the molecule is COc1ccc(CN2C(=O)c3ccccc3C3(OC(C(C)(C)C)=Nc4ccccc43)C2=O)cc1. The third-order valence-corrected chi connectivity index (χ3v) is 6.22. The maximum absolute atomic E-state index is 14.3. The van der Waals surface area contributed by atoms with Gasteiger partial charge in [0.05, 0.1) is 19.3 Å². The van der Waals surface area contributed by atoms with Gasteiger partial charge in [-0.3, -0.25) is 14.5 Å². The van der Waals surface area contributed by atoms with Crippen LogP contribution in [0.4, 0.5) is 5.69 Å². The van der Waals surface area contributed by atoms with Gasteiger partial charge in [-0.05, 0) is 29.8 Å². The number of imide groups is 1. The lowest BCUT2D eigenvalue weighted by Crippen LogP contribution is -2.58. The molecule has 6 heteroatoms. The highest BCUT2D eigenvalue weighted by Crippen LogP contribution is 2.49. The fourth-order valence-corrected chi connectivity index (χ4v) is 4.46. The van der Waals surface area contributed by atoms with Crippen LogP contribution in [-0.2, 0) is 21.7 Å². The molecule has 1 spiro atoms. The summed E-state index contributed by atoms with van der Waals surface area (Å²) >= 11 is 0. The second-order valence-corrected chi connectivity index (χ2v) is 9.56. The fourth-order valence-electron chi connectivity index (χ4n) is 4.46. The van der Waals surface area contributed by atoms with Crippen molar-refractivity contribution in [1.82, 2.24) is 4.90 Å². The summed E-state index contributed by atoms with van der Waals surface area (Å²) in [6, 6.07) is 22.0. The molecule has 2 aliphatic heterocycles. The van der Waals surface area contributed by atoms with Crippen molar-refractivity contribution in [3.05, 3.63) is 95.1 Å². The highest BCUT2D eigenvalue weighted by atomic mass is 16.5. The van der Waals surface area contributed by atoms with Crippen molar-refractivity contribution < 1.29 is 19.1 Å². The lowest BCUT2D eigenvalue weighted by atomic mass is 9.77. The van der Waals surface area contributed by atoms with E-state index in [2.05, 4.69) is 0 Å². The van der Waals surface area contributed by atoms with E-state index in [-0.39, 0.29) is 12.5 Å². The van der Waals surface area contributed by atoms with Crippen LogP contribution in [0.25, 0.3) is 0 Å². The van der Waals surface area contributed by atoms with Gasteiger partial charge in [-0.25, -0.2) is 4.99 Å². The number of aliphatic imine (C=N–C) groups is 1. The molecule has 0 saturated carbocycles. The van der Waals surface area contributed by atoms with Crippen molar-refractivity contribution in [3.8, 4) is 5.75 Å². The predicted molar refractivity (Wildman–Crippen MR) is 129 cm³/mol. The predicted octanol–water partition coefficient (Wildman–Crippen LogP) is 5.23. The third-order valence-electron chi connectivity index (χ3n) is 6.22. The second kappa shape index (κ2) is 7.83. The van der Waals surface area contributed by atoms with Gasteiger partial charge in [0.15, 0.2) is 5.90 Å². The topological polar surface area (TPSA) is 68.2 Å². The number of carbonyl (C=O) groups is 2. The van der Waals surface area contributed by atoms with E-state index in [1.165, 1.54) is 4.90 Å². The van der Waals surface area contributed by atoms with Crippen molar-refractivity contribution in [2.75, 3.05) is 7.11 Å². The zero-order chi connectivity index (χ0) is 24.1. The van der Waals surface area contributed by atoms with E-state index in [1.54, 1.807) is 25.3 Å². The van der Waals surface area contributed by atoms with Crippen LogP contribution in [0, 0.1) is 5.41 Å². The van der Waals surface area contributed by atoms with Gasteiger partial charge in [0.25, 0.3) is 11.8 Å². The Hall–Kier alpha value is -3.93. The molecule has 0 radical (unpaired) electrons. The van der Waals surface area contributed by atoms with Crippen molar-refractivity contribution in [2.45, 2.75) is 32.9 Å². The Morgan fingerprint density at radius 3 is 2.24 bits per heavy atom. The van der Waals surface area contributed by atoms with E-state index in [4.69, 9.17) is 14.5 Å². The number of amides is 2. The number of nitrogens with zero attached hydrogens (tertiary/aromatic N) is 2. The summed E-state index contributed by atoms with van der Waals surface area (Å²) < 4.78 is 11.8. The smallest absolute Gasteiger partial charge is 0.283 e. The van der Waals surface area contributed by atoms with E-state index in [0.717, 1.165) is 5.56 Å². The number of rotatable bonds is 3. The Morgan fingerprint density at radius 2 is 1.56 bits per heavy atom. The van der Waals surface area contributed by atoms with Gasteiger partial charge in [-0.1, -0.05) is 69.3 Å². The normalized spacial score (nSPS) is 19.3. The molecule has 5 rings (SSSR count). The Labute approximate surface area is 198 Å². The van der Waals surface area contributed by atoms with Crippen LogP contribution < -0.4 is 4.74 Å². The maximum Gasteiger partial charge on any atom is 0.283 e. The molecule has 1 atom stereocenters. The lowest BCUT2D eigenvalue weighted by molar-refractivity contribution is -0.146. The van der Waals surface area contributed by atoms with Gasteiger partial charge < -0.3 is 9.47 Å². The number of carbonyl (C=O) groups excluding carboxylic acids is 2. The van der Waals surface area contributed by atoms with Crippen LogP contribution in [0.2, 0.25) is 0 Å². The van der Waals surface area contributed by atoms with E-state index in [1.807, 2.05) is 75.4 Å². The molecule has 0 fully saturated rings. The first-order valence-electron chi connectivity index (χ1n) is 11.2. The van der Waals surface area contributed by atoms with Crippen molar-refractivity contribution in [1.29, 1.82) is 0 Å². The number of hydrogen-bond donors (Lipinski definition) is 0. The summed E-state index contributed by atoms with van der Waals surface area (Å²) in [7, 11) is 1.60. The summed E-state index contributed by atoms with van der Waals surface area (Å²) in [5.41, 5.74) is 1.15. The molecule has 2 amide bonds. The van der Waals surface area contributed by atoms with Crippen LogP contribution in [0.15, 0.2) is 77.8 Å². The quantitative estimate of drug-likeness (QED) is 0.509. The Balaban J connectivity index is 1.71. The minimum absolute atomic E-state index is 0.116. The molecule has 0 N–H and O–H groups in total. The fraction of sp³-hybridized carbons (Fsp3) is 0.250. The minimum Gasteiger partial charge on any atom is -0.497 e. The molecule has 0 saturated heterocycles. The molecule has 3 aromatic rings. The third kappa shape index (κ3) is 3.29. The second-order valence-electron chi connectivity index (χ2n) is 9.56. The first-order chi connectivity index (χ1) is 16.3. The molecule has 0 bridgehead atoms. The number of methoxy groups -OCH3 is 1. The first kappa shape index (κ1) is 21.9. The Morgan fingerprint density at radius 1 is 0.912 bits per heavy atom. The molecule has 2 aliphatic rings. The van der Waals surface area contributed by atoms with Crippen molar-refractivity contribution in [3.63, 3.8) is 0 Å². The highest BCUT2D eigenvalue weighted by molar-refractivity contribution is 6.15. The molecule has 1 unspecified atom stereocenters. The molecule has 172 valence electrons. The van der Waals surface area contributed by atoms with Crippen LogP contribution in [0.5, 0.6) is 5.75 Å². The van der Waals surface area contributed by atoms with Gasteiger partial charge in [0, 0.05) is 22.1 Å². The highest BCUT2D eigenvalue weighted by Gasteiger charge is 2.57. The van der Waals surface area contributed by atoms with Crippen LogP contribution in [0.3, 0.4) is 0 Å². The summed E-state index contributed by atoms with van der Waals surface area (Å²) in [5.74, 6) is 0.393. The number of hydrogen-bond acceptors (Lipinski definition) is 5. The largest absolute Gasteiger partial charge is 0.497 e. The summed E-state index contributed by atoms with van der Waals surface area (Å²) in [5, 5.41) is 0. The average Bonchev–Trinajstić information content (AvgIpc) is 2.85. The average molecular weight is 455 g/mol. The monoisotopic (exact) mass is 454 g/mol. The van der Waals surface area contributed by atoms with E-state index in [9.17, 15) is 9.59 Å². The molecule has 0 aromatic heterocycles.